The number of likely N-dealkylation sites (tertiary alicyclic amines) is 1. The molecular weight excluding hydrogens is 340 g/mol. The Kier molecular flexibility index (Phi) is 7.10. The summed E-state index contributed by atoms with van der Waals surface area (Å²) in [6.45, 7) is 5.69. The number of anilines is 1. The molecule has 1 aromatic rings. The highest BCUT2D eigenvalue weighted by atomic mass is 16.2. The van der Waals surface area contributed by atoms with Crippen molar-refractivity contribution in [3.63, 3.8) is 0 Å². The number of nitrogens with zero attached hydrogens (tertiary/aromatic N) is 1. The molecular formula is C21H32N4O2. The van der Waals surface area contributed by atoms with Gasteiger partial charge >= 0.3 is 6.03 Å². The fraction of sp³-hybridized carbons (Fsp3) is 0.619. The molecule has 2 aliphatic rings. The third-order valence-corrected chi connectivity index (χ3v) is 5.87. The van der Waals surface area contributed by atoms with E-state index >= 15 is 0 Å². The average Bonchev–Trinajstić information content (AvgIpc) is 2.70. The van der Waals surface area contributed by atoms with Crippen LogP contribution in [0.4, 0.5) is 10.5 Å². The van der Waals surface area contributed by atoms with Crippen molar-refractivity contribution in [2.24, 2.45) is 11.8 Å². The van der Waals surface area contributed by atoms with E-state index in [0.717, 1.165) is 31.6 Å². The average molecular weight is 373 g/mol. The Labute approximate surface area is 162 Å². The highest BCUT2D eigenvalue weighted by Crippen LogP contribution is 2.24. The van der Waals surface area contributed by atoms with Crippen LogP contribution in [0.2, 0.25) is 0 Å². The molecule has 1 unspecified atom stereocenters. The van der Waals surface area contributed by atoms with Gasteiger partial charge in [-0.15, -0.1) is 0 Å². The molecule has 2 fully saturated rings. The van der Waals surface area contributed by atoms with Crippen LogP contribution in [0.25, 0.3) is 0 Å². The number of hydrogen-bond donors (Lipinski definition) is 3. The van der Waals surface area contributed by atoms with E-state index in [0.29, 0.717) is 31.3 Å². The molecule has 6 nitrogen and oxygen atoms in total. The Morgan fingerprint density at radius 3 is 2.44 bits per heavy atom. The Balaban J connectivity index is 1.37. The number of para-hydroxylation sites is 1. The topological polar surface area (TPSA) is 73.5 Å². The quantitative estimate of drug-likeness (QED) is 0.744. The maximum Gasteiger partial charge on any atom is 0.321 e. The van der Waals surface area contributed by atoms with Gasteiger partial charge in [-0.1, -0.05) is 25.1 Å². The number of urea groups is 1. The first-order chi connectivity index (χ1) is 13.1. The molecule has 3 amide bonds. The summed E-state index contributed by atoms with van der Waals surface area (Å²) in [7, 11) is 0. The van der Waals surface area contributed by atoms with Crippen molar-refractivity contribution in [1.29, 1.82) is 0 Å². The SMILES string of the molecule is CC(CC(=O)NC1CCN(C(=O)Nc2ccccc2)CC1)C1CCNCC1. The zero-order chi connectivity index (χ0) is 19.1. The van der Waals surface area contributed by atoms with Crippen LogP contribution in [-0.2, 0) is 4.79 Å². The molecule has 2 heterocycles. The maximum absolute atomic E-state index is 12.4. The second-order valence-corrected chi connectivity index (χ2v) is 7.89. The molecule has 148 valence electrons. The first-order valence-electron chi connectivity index (χ1n) is 10.2. The lowest BCUT2D eigenvalue weighted by Gasteiger charge is -2.33. The summed E-state index contributed by atoms with van der Waals surface area (Å²) < 4.78 is 0. The van der Waals surface area contributed by atoms with Crippen LogP contribution in [0.15, 0.2) is 30.3 Å². The molecule has 3 rings (SSSR count). The van der Waals surface area contributed by atoms with Crippen LogP contribution in [-0.4, -0.2) is 49.1 Å². The summed E-state index contributed by atoms with van der Waals surface area (Å²) in [6.07, 6.45) is 4.58. The van der Waals surface area contributed by atoms with Gasteiger partial charge in [-0.3, -0.25) is 4.79 Å². The van der Waals surface area contributed by atoms with E-state index in [1.807, 2.05) is 35.2 Å². The second kappa shape index (κ2) is 9.74. The minimum atomic E-state index is -0.0643. The lowest BCUT2D eigenvalue weighted by Crippen LogP contribution is -2.48. The van der Waals surface area contributed by atoms with Crippen LogP contribution < -0.4 is 16.0 Å². The molecule has 0 saturated carbocycles. The summed E-state index contributed by atoms with van der Waals surface area (Å²) in [6, 6.07) is 9.62. The lowest BCUT2D eigenvalue weighted by molar-refractivity contribution is -0.123. The molecule has 0 bridgehead atoms. The largest absolute Gasteiger partial charge is 0.353 e. The monoisotopic (exact) mass is 372 g/mol. The van der Waals surface area contributed by atoms with Gasteiger partial charge in [0.05, 0.1) is 0 Å². The number of carbonyl (C=O) groups is 2. The van der Waals surface area contributed by atoms with Crippen molar-refractivity contribution >= 4 is 17.6 Å². The summed E-state index contributed by atoms with van der Waals surface area (Å²) >= 11 is 0. The Hall–Kier alpha value is -2.08. The van der Waals surface area contributed by atoms with Gasteiger partial charge < -0.3 is 20.9 Å². The van der Waals surface area contributed by atoms with Gasteiger partial charge in [0, 0.05) is 31.2 Å². The number of hydrogen-bond acceptors (Lipinski definition) is 3. The first-order valence-corrected chi connectivity index (χ1v) is 10.2. The Morgan fingerprint density at radius 1 is 1.11 bits per heavy atom. The lowest BCUT2D eigenvalue weighted by atomic mass is 9.84. The number of carbonyl (C=O) groups excluding carboxylic acids is 2. The van der Waals surface area contributed by atoms with Crippen LogP contribution >= 0.6 is 0 Å². The molecule has 2 aliphatic heterocycles. The van der Waals surface area contributed by atoms with Crippen molar-refractivity contribution in [2.75, 3.05) is 31.5 Å². The van der Waals surface area contributed by atoms with E-state index < -0.39 is 0 Å². The second-order valence-electron chi connectivity index (χ2n) is 7.89. The number of rotatable bonds is 5. The van der Waals surface area contributed by atoms with E-state index in [4.69, 9.17) is 0 Å². The number of benzene rings is 1. The predicted octanol–water partition coefficient (Wildman–Crippen LogP) is 2.82. The highest BCUT2D eigenvalue weighted by Gasteiger charge is 2.26. The zero-order valence-corrected chi connectivity index (χ0v) is 16.2. The normalized spacial score (nSPS) is 20.1. The molecule has 0 aliphatic carbocycles. The van der Waals surface area contributed by atoms with Gasteiger partial charge in [0.1, 0.15) is 0 Å². The maximum atomic E-state index is 12.4. The van der Waals surface area contributed by atoms with E-state index in [2.05, 4.69) is 22.9 Å². The van der Waals surface area contributed by atoms with Crippen molar-refractivity contribution in [1.82, 2.24) is 15.5 Å². The summed E-state index contributed by atoms with van der Waals surface area (Å²) in [5, 5.41) is 9.49. The van der Waals surface area contributed by atoms with Crippen LogP contribution in [0.5, 0.6) is 0 Å². The predicted molar refractivity (Wildman–Crippen MR) is 108 cm³/mol. The molecule has 0 spiro atoms. The number of nitrogens with one attached hydrogen (secondary N) is 3. The van der Waals surface area contributed by atoms with Crippen molar-refractivity contribution < 1.29 is 9.59 Å². The molecule has 0 aromatic heterocycles. The molecule has 3 N–H and O–H groups in total. The molecule has 1 aromatic carbocycles. The van der Waals surface area contributed by atoms with E-state index in [1.165, 1.54) is 12.8 Å². The van der Waals surface area contributed by atoms with Crippen molar-refractivity contribution in [3.8, 4) is 0 Å². The van der Waals surface area contributed by atoms with Gasteiger partial charge in [-0.25, -0.2) is 4.79 Å². The Bertz CT molecular complexity index is 608. The molecule has 2 saturated heterocycles. The van der Waals surface area contributed by atoms with Gasteiger partial charge in [0.2, 0.25) is 5.91 Å². The van der Waals surface area contributed by atoms with Gasteiger partial charge in [-0.05, 0) is 62.7 Å². The Morgan fingerprint density at radius 2 is 1.78 bits per heavy atom. The summed E-state index contributed by atoms with van der Waals surface area (Å²) in [5.74, 6) is 1.25. The minimum absolute atomic E-state index is 0.0643. The van der Waals surface area contributed by atoms with Crippen molar-refractivity contribution in [2.45, 2.75) is 45.1 Å². The summed E-state index contributed by atoms with van der Waals surface area (Å²) in [4.78, 5) is 26.6. The molecule has 27 heavy (non-hydrogen) atoms. The van der Waals surface area contributed by atoms with Gasteiger partial charge in [0.25, 0.3) is 0 Å². The molecule has 1 atom stereocenters. The van der Waals surface area contributed by atoms with E-state index in [1.54, 1.807) is 0 Å². The van der Waals surface area contributed by atoms with E-state index in [9.17, 15) is 9.59 Å². The highest BCUT2D eigenvalue weighted by molar-refractivity contribution is 5.89. The third-order valence-electron chi connectivity index (χ3n) is 5.87. The fourth-order valence-electron chi connectivity index (χ4n) is 4.11. The minimum Gasteiger partial charge on any atom is -0.353 e. The molecule has 6 heteroatoms. The van der Waals surface area contributed by atoms with Gasteiger partial charge in [-0.2, -0.15) is 0 Å². The van der Waals surface area contributed by atoms with Crippen LogP contribution in [0, 0.1) is 11.8 Å². The first kappa shape index (κ1) is 19.7. The van der Waals surface area contributed by atoms with Crippen LogP contribution in [0.3, 0.4) is 0 Å². The zero-order valence-electron chi connectivity index (χ0n) is 16.2. The third kappa shape index (κ3) is 5.96. The number of amides is 3. The summed E-state index contributed by atoms with van der Waals surface area (Å²) in [5.41, 5.74) is 0.810. The van der Waals surface area contributed by atoms with Crippen LogP contribution in [0.1, 0.15) is 39.0 Å². The number of piperidine rings is 2. The van der Waals surface area contributed by atoms with Gasteiger partial charge in [0.15, 0.2) is 0 Å². The van der Waals surface area contributed by atoms with E-state index in [-0.39, 0.29) is 18.0 Å². The van der Waals surface area contributed by atoms with Crippen molar-refractivity contribution in [3.05, 3.63) is 30.3 Å². The standard InChI is InChI=1S/C21H32N4O2/c1-16(17-7-11-22-12-8-17)15-20(26)23-19-9-13-25(14-10-19)21(27)24-18-5-3-2-4-6-18/h2-6,16-17,19,22H,7-15H2,1H3,(H,23,26)(H,24,27). The molecule has 0 radical (unpaired) electrons. The smallest absolute Gasteiger partial charge is 0.321 e. The fourth-order valence-corrected chi connectivity index (χ4v) is 4.11.